The van der Waals surface area contributed by atoms with Crippen molar-refractivity contribution in [2.45, 2.75) is 25.4 Å². The first-order chi connectivity index (χ1) is 14.5. The summed E-state index contributed by atoms with van der Waals surface area (Å²) in [7, 11) is 3.13. The van der Waals surface area contributed by atoms with Gasteiger partial charge < -0.3 is 9.47 Å². The van der Waals surface area contributed by atoms with Gasteiger partial charge in [0.2, 0.25) is 11.3 Å². The smallest absolute Gasteiger partial charge is 0.235 e. The van der Waals surface area contributed by atoms with Gasteiger partial charge in [0, 0.05) is 35.8 Å². The largest absolute Gasteiger partial charge is 0.493 e. The predicted octanol–water partition coefficient (Wildman–Crippen LogP) is 3.89. The maximum Gasteiger partial charge on any atom is 0.235 e. The molecule has 1 N–H and O–H groups in total. The zero-order valence-electron chi connectivity index (χ0n) is 16.7. The molecule has 0 bridgehead atoms. The highest BCUT2D eigenvalue weighted by molar-refractivity contribution is 7.76. The van der Waals surface area contributed by atoms with Gasteiger partial charge in [0.1, 0.15) is 6.07 Å². The van der Waals surface area contributed by atoms with Crippen LogP contribution >= 0.6 is 0 Å². The lowest BCUT2D eigenvalue weighted by Crippen LogP contribution is -2.27. The summed E-state index contributed by atoms with van der Waals surface area (Å²) in [6.45, 7) is 0.404. The molecule has 2 aromatic carbocycles. The number of benzene rings is 2. The number of pyridine rings is 1. The molecule has 0 radical (unpaired) electrons. The molecule has 0 aliphatic heterocycles. The maximum atomic E-state index is 11.6. The molecule has 1 atom stereocenters. The minimum atomic E-state index is -1.99. The highest BCUT2D eigenvalue weighted by Crippen LogP contribution is 2.38. The van der Waals surface area contributed by atoms with Crippen LogP contribution < -0.4 is 9.47 Å². The van der Waals surface area contributed by atoms with Crippen molar-refractivity contribution >= 4 is 22.2 Å². The van der Waals surface area contributed by atoms with Crippen LogP contribution in [0.2, 0.25) is 0 Å². The van der Waals surface area contributed by atoms with Crippen LogP contribution in [0, 0.1) is 11.3 Å². The molecule has 154 valence electrons. The molecule has 1 aliphatic rings. The van der Waals surface area contributed by atoms with E-state index in [-0.39, 0.29) is 6.04 Å². The van der Waals surface area contributed by atoms with Gasteiger partial charge in [-0.1, -0.05) is 24.3 Å². The number of hydrogen-bond acceptors (Lipinski definition) is 5. The lowest BCUT2D eigenvalue weighted by Gasteiger charge is -2.17. The highest BCUT2D eigenvalue weighted by Gasteiger charge is 2.32. The number of ether oxygens (including phenoxy) is 2. The fourth-order valence-electron chi connectivity index (χ4n) is 3.55. The molecular weight excluding hydrogens is 402 g/mol. The van der Waals surface area contributed by atoms with Crippen LogP contribution in [0.5, 0.6) is 11.5 Å². The quantitative estimate of drug-likeness (QED) is 0.579. The number of methoxy groups -OCH3 is 2. The maximum absolute atomic E-state index is 11.6. The van der Waals surface area contributed by atoms with Crippen molar-refractivity contribution < 1.29 is 18.2 Å². The van der Waals surface area contributed by atoms with Crippen molar-refractivity contribution in [1.29, 1.82) is 5.26 Å². The molecule has 8 heteroatoms. The Kier molecular flexibility index (Phi) is 5.68. The van der Waals surface area contributed by atoms with E-state index in [1.54, 1.807) is 30.8 Å². The summed E-state index contributed by atoms with van der Waals surface area (Å²) in [5.74, 6) is 1.13. The molecule has 4 rings (SSSR count). The summed E-state index contributed by atoms with van der Waals surface area (Å²) in [5.41, 5.74) is 3.71. The van der Waals surface area contributed by atoms with Crippen LogP contribution in [-0.4, -0.2) is 38.3 Å². The fraction of sp³-hybridized carbons (Fsp3) is 0.273. The van der Waals surface area contributed by atoms with E-state index < -0.39 is 11.3 Å². The van der Waals surface area contributed by atoms with Crippen LogP contribution in [0.25, 0.3) is 22.0 Å². The SMILES string of the molecule is COc1cc2ncc(C#N)c(-c3ccc(CN(C4CC4)S(=O)O)cc3)c2cc1OC. The third-order valence-electron chi connectivity index (χ3n) is 5.23. The van der Waals surface area contributed by atoms with Gasteiger partial charge in [0.15, 0.2) is 11.5 Å². The van der Waals surface area contributed by atoms with Crippen LogP contribution in [0.4, 0.5) is 0 Å². The molecule has 0 spiro atoms. The van der Waals surface area contributed by atoms with Crippen molar-refractivity contribution in [2.75, 3.05) is 14.2 Å². The van der Waals surface area contributed by atoms with Gasteiger partial charge in [0.05, 0.1) is 25.3 Å². The zero-order valence-corrected chi connectivity index (χ0v) is 17.5. The highest BCUT2D eigenvalue weighted by atomic mass is 32.2. The number of nitriles is 1. The van der Waals surface area contributed by atoms with E-state index in [9.17, 15) is 14.0 Å². The van der Waals surface area contributed by atoms with Gasteiger partial charge in [-0.15, -0.1) is 0 Å². The van der Waals surface area contributed by atoms with Gasteiger partial charge in [-0.05, 0) is 30.0 Å². The van der Waals surface area contributed by atoms with E-state index >= 15 is 0 Å². The Bertz CT molecular complexity index is 1150. The summed E-state index contributed by atoms with van der Waals surface area (Å²) >= 11 is -1.99. The van der Waals surface area contributed by atoms with E-state index in [1.807, 2.05) is 30.3 Å². The third-order valence-corrected chi connectivity index (χ3v) is 6.06. The number of aromatic nitrogens is 1. The Labute approximate surface area is 177 Å². The average molecular weight is 423 g/mol. The second-order valence-corrected chi connectivity index (χ2v) is 8.05. The van der Waals surface area contributed by atoms with Gasteiger partial charge in [-0.2, -0.15) is 9.57 Å². The van der Waals surface area contributed by atoms with Crippen LogP contribution in [0.15, 0.2) is 42.6 Å². The normalized spacial score (nSPS) is 14.5. The van der Waals surface area contributed by atoms with Gasteiger partial charge in [0.25, 0.3) is 0 Å². The number of nitrogens with zero attached hydrogens (tertiary/aromatic N) is 3. The molecular formula is C22H21N3O4S. The Hall–Kier alpha value is -2.99. The Morgan fingerprint density at radius 2 is 1.87 bits per heavy atom. The van der Waals surface area contributed by atoms with Crippen LogP contribution in [-0.2, 0) is 17.8 Å². The summed E-state index contributed by atoms with van der Waals surface area (Å²) in [4.78, 5) is 4.40. The number of hydrogen-bond donors (Lipinski definition) is 1. The van der Waals surface area contributed by atoms with Crippen molar-refractivity contribution in [3.63, 3.8) is 0 Å². The molecule has 1 aromatic heterocycles. The Morgan fingerprint density at radius 3 is 2.43 bits per heavy atom. The fourth-order valence-corrected chi connectivity index (χ4v) is 4.27. The molecule has 0 saturated heterocycles. The van der Waals surface area contributed by atoms with Crippen molar-refractivity contribution in [2.24, 2.45) is 0 Å². The predicted molar refractivity (Wildman–Crippen MR) is 114 cm³/mol. The summed E-state index contributed by atoms with van der Waals surface area (Å²) < 4.78 is 33.5. The van der Waals surface area contributed by atoms with Crippen molar-refractivity contribution in [3.05, 3.63) is 53.7 Å². The second-order valence-electron chi connectivity index (χ2n) is 7.12. The molecule has 0 amide bonds. The molecule has 3 aromatic rings. The van der Waals surface area contributed by atoms with Gasteiger partial charge >= 0.3 is 0 Å². The van der Waals surface area contributed by atoms with E-state index in [2.05, 4.69) is 11.1 Å². The van der Waals surface area contributed by atoms with Crippen LogP contribution in [0.1, 0.15) is 24.0 Å². The first-order valence-corrected chi connectivity index (χ1v) is 10.5. The summed E-state index contributed by atoms with van der Waals surface area (Å²) in [6.07, 6.45) is 3.45. The first-order valence-electron chi connectivity index (χ1n) is 9.47. The second kappa shape index (κ2) is 8.40. The molecule has 1 saturated carbocycles. The Morgan fingerprint density at radius 1 is 1.20 bits per heavy atom. The molecule has 1 aliphatic carbocycles. The molecule has 30 heavy (non-hydrogen) atoms. The molecule has 7 nitrogen and oxygen atoms in total. The zero-order chi connectivity index (χ0) is 21.3. The lowest BCUT2D eigenvalue weighted by atomic mass is 9.96. The van der Waals surface area contributed by atoms with E-state index in [1.165, 1.54) is 0 Å². The number of fused-ring (bicyclic) bond motifs is 1. The topological polar surface area (TPSA) is 95.7 Å². The monoisotopic (exact) mass is 423 g/mol. The van der Waals surface area contributed by atoms with E-state index in [0.29, 0.717) is 29.1 Å². The minimum absolute atomic E-state index is 0.173. The average Bonchev–Trinajstić information content (AvgIpc) is 3.61. The first kappa shape index (κ1) is 20.3. The number of rotatable bonds is 7. The third kappa shape index (κ3) is 3.87. The van der Waals surface area contributed by atoms with E-state index in [4.69, 9.17) is 9.47 Å². The van der Waals surface area contributed by atoms with Crippen molar-refractivity contribution in [1.82, 2.24) is 9.29 Å². The molecule has 1 unspecified atom stereocenters. The summed E-state index contributed by atoms with van der Waals surface area (Å²) in [5, 5.41) is 10.4. The van der Waals surface area contributed by atoms with Gasteiger partial charge in [-0.25, -0.2) is 4.21 Å². The van der Waals surface area contributed by atoms with Gasteiger partial charge in [-0.3, -0.25) is 9.54 Å². The van der Waals surface area contributed by atoms with E-state index in [0.717, 1.165) is 34.9 Å². The molecule has 1 heterocycles. The lowest BCUT2D eigenvalue weighted by molar-refractivity contribution is 0.356. The Balaban J connectivity index is 1.76. The van der Waals surface area contributed by atoms with Crippen LogP contribution in [0.3, 0.4) is 0 Å². The standard InChI is InChI=1S/C22H21N3O4S/c1-28-20-9-18-19(10-21(20)29-2)24-12-16(11-23)22(18)15-5-3-14(4-6-15)13-25(30(26)27)17-7-8-17/h3-6,9-10,12,17H,7-8,13H2,1-2H3,(H,26,27). The summed E-state index contributed by atoms with van der Waals surface area (Å²) in [6, 6.07) is 13.7. The molecule has 1 fully saturated rings. The van der Waals surface area contributed by atoms with Crippen molar-refractivity contribution in [3.8, 4) is 28.7 Å². The minimum Gasteiger partial charge on any atom is -0.493 e.